The molecule has 2 nitrogen and oxygen atoms in total. The highest BCUT2D eigenvalue weighted by Gasteiger charge is 2.19. The van der Waals surface area contributed by atoms with Crippen molar-refractivity contribution in [3.63, 3.8) is 0 Å². The Kier molecular flexibility index (Phi) is 1.77. The van der Waals surface area contributed by atoms with Crippen LogP contribution in [0.5, 0.6) is 0 Å². The molecule has 1 aliphatic heterocycles. The quantitative estimate of drug-likeness (QED) is 0.574. The van der Waals surface area contributed by atoms with Gasteiger partial charge in [-0.05, 0) is 17.7 Å². The summed E-state index contributed by atoms with van der Waals surface area (Å²) in [6.07, 6.45) is 0.723. The highest BCUT2D eigenvalue weighted by Crippen LogP contribution is 2.24. The first-order chi connectivity index (χ1) is 5.79. The molecule has 0 bridgehead atoms. The van der Waals surface area contributed by atoms with Gasteiger partial charge in [-0.2, -0.15) is 0 Å². The summed E-state index contributed by atoms with van der Waals surface area (Å²) in [4.78, 5) is 11.2. The zero-order valence-corrected chi connectivity index (χ0v) is 7.10. The smallest absolute Gasteiger partial charge is 0.338 e. The molecular weight excluding hydrogens is 176 g/mol. The average molecular weight is 183 g/mol. The molecule has 3 heteroatoms. The van der Waals surface area contributed by atoms with Crippen molar-refractivity contribution in [1.82, 2.24) is 0 Å². The molecule has 0 aliphatic carbocycles. The fourth-order valence-corrected chi connectivity index (χ4v) is 1.60. The normalized spacial score (nSPS) is 15.2. The standard InChI is InChI=1S/C9H7ClO2/c10-8-3-1-2-7-6(8)4-5-12-9(7)11/h1-3H,4-5H2. The van der Waals surface area contributed by atoms with E-state index in [-0.39, 0.29) is 5.97 Å². The second kappa shape index (κ2) is 2.79. The molecule has 1 aliphatic rings. The average Bonchev–Trinajstić information content (AvgIpc) is 2.07. The van der Waals surface area contributed by atoms with Crippen molar-refractivity contribution in [2.24, 2.45) is 0 Å². The third-order valence-corrected chi connectivity index (χ3v) is 2.28. The minimum atomic E-state index is -0.265. The first kappa shape index (κ1) is 7.62. The minimum Gasteiger partial charge on any atom is -0.462 e. The Morgan fingerprint density at radius 2 is 2.25 bits per heavy atom. The number of ether oxygens (including phenoxy) is 1. The lowest BCUT2D eigenvalue weighted by atomic mass is 10.0. The second-order valence-corrected chi connectivity index (χ2v) is 3.06. The van der Waals surface area contributed by atoms with E-state index in [0.717, 1.165) is 12.0 Å². The zero-order valence-electron chi connectivity index (χ0n) is 6.34. The molecule has 0 saturated heterocycles. The maximum atomic E-state index is 11.2. The van der Waals surface area contributed by atoms with Crippen molar-refractivity contribution in [2.45, 2.75) is 6.42 Å². The van der Waals surface area contributed by atoms with Gasteiger partial charge >= 0.3 is 5.97 Å². The minimum absolute atomic E-state index is 0.265. The lowest BCUT2D eigenvalue weighted by Crippen LogP contribution is -2.17. The summed E-state index contributed by atoms with van der Waals surface area (Å²) < 4.78 is 4.86. The number of halogens is 1. The van der Waals surface area contributed by atoms with Crippen LogP contribution in [-0.4, -0.2) is 12.6 Å². The summed E-state index contributed by atoms with van der Waals surface area (Å²) in [6.45, 7) is 0.440. The van der Waals surface area contributed by atoms with Crippen LogP contribution in [0.15, 0.2) is 18.2 Å². The van der Waals surface area contributed by atoms with Crippen LogP contribution < -0.4 is 0 Å². The third kappa shape index (κ3) is 1.08. The van der Waals surface area contributed by atoms with Gasteiger partial charge < -0.3 is 4.74 Å². The number of hydrogen-bond acceptors (Lipinski definition) is 2. The number of cyclic esters (lactones) is 1. The van der Waals surface area contributed by atoms with E-state index in [2.05, 4.69) is 0 Å². The van der Waals surface area contributed by atoms with Gasteiger partial charge in [0.05, 0.1) is 12.2 Å². The molecular formula is C9H7ClO2. The van der Waals surface area contributed by atoms with Gasteiger partial charge in [-0.25, -0.2) is 4.79 Å². The zero-order chi connectivity index (χ0) is 8.55. The van der Waals surface area contributed by atoms with Crippen molar-refractivity contribution < 1.29 is 9.53 Å². The maximum Gasteiger partial charge on any atom is 0.338 e. The third-order valence-electron chi connectivity index (χ3n) is 1.92. The van der Waals surface area contributed by atoms with Crippen LogP contribution >= 0.6 is 11.6 Å². The van der Waals surface area contributed by atoms with Crippen LogP contribution in [0.25, 0.3) is 0 Å². The van der Waals surface area contributed by atoms with E-state index in [4.69, 9.17) is 16.3 Å². The summed E-state index contributed by atoms with van der Waals surface area (Å²) in [5, 5.41) is 0.657. The number of hydrogen-bond donors (Lipinski definition) is 0. The van der Waals surface area contributed by atoms with Gasteiger partial charge in [0.1, 0.15) is 0 Å². The van der Waals surface area contributed by atoms with Gasteiger partial charge in [0.25, 0.3) is 0 Å². The van der Waals surface area contributed by atoms with E-state index in [1.54, 1.807) is 18.2 Å². The van der Waals surface area contributed by atoms with E-state index < -0.39 is 0 Å². The molecule has 0 atom stereocenters. The molecule has 12 heavy (non-hydrogen) atoms. The predicted octanol–water partition coefficient (Wildman–Crippen LogP) is 2.05. The van der Waals surface area contributed by atoms with E-state index in [0.29, 0.717) is 17.2 Å². The maximum absolute atomic E-state index is 11.2. The molecule has 1 aromatic carbocycles. The van der Waals surface area contributed by atoms with E-state index >= 15 is 0 Å². The first-order valence-electron chi connectivity index (χ1n) is 3.73. The van der Waals surface area contributed by atoms with Gasteiger partial charge in [0, 0.05) is 11.4 Å². The Hall–Kier alpha value is -1.02. The van der Waals surface area contributed by atoms with E-state index in [1.807, 2.05) is 0 Å². The number of fused-ring (bicyclic) bond motifs is 1. The van der Waals surface area contributed by atoms with Gasteiger partial charge in [0.2, 0.25) is 0 Å². The fraction of sp³-hybridized carbons (Fsp3) is 0.222. The molecule has 1 heterocycles. The molecule has 1 aromatic rings. The molecule has 62 valence electrons. The van der Waals surface area contributed by atoms with Gasteiger partial charge in [0.15, 0.2) is 0 Å². The summed E-state index contributed by atoms with van der Waals surface area (Å²) in [7, 11) is 0. The fourth-order valence-electron chi connectivity index (χ4n) is 1.33. The summed E-state index contributed by atoms with van der Waals surface area (Å²) in [5.74, 6) is -0.265. The molecule has 0 spiro atoms. The number of esters is 1. The Morgan fingerprint density at radius 1 is 1.42 bits per heavy atom. The second-order valence-electron chi connectivity index (χ2n) is 2.65. The van der Waals surface area contributed by atoms with E-state index in [9.17, 15) is 4.79 Å². The van der Waals surface area contributed by atoms with Crippen molar-refractivity contribution in [1.29, 1.82) is 0 Å². The predicted molar refractivity (Wildman–Crippen MR) is 45.4 cm³/mol. The molecule has 0 N–H and O–H groups in total. The summed E-state index contributed by atoms with van der Waals surface area (Å²) in [6, 6.07) is 5.29. The Balaban J connectivity index is 2.59. The van der Waals surface area contributed by atoms with E-state index in [1.165, 1.54) is 0 Å². The lowest BCUT2D eigenvalue weighted by molar-refractivity contribution is 0.0480. The molecule has 0 aromatic heterocycles. The molecule has 0 fully saturated rings. The summed E-state index contributed by atoms with van der Waals surface area (Å²) in [5.41, 5.74) is 1.52. The molecule has 0 saturated carbocycles. The Bertz CT molecular complexity index is 333. The highest BCUT2D eigenvalue weighted by atomic mass is 35.5. The van der Waals surface area contributed by atoms with Crippen molar-refractivity contribution in [3.8, 4) is 0 Å². The van der Waals surface area contributed by atoms with Crippen LogP contribution in [-0.2, 0) is 11.2 Å². The number of rotatable bonds is 0. The van der Waals surface area contributed by atoms with Crippen LogP contribution in [0, 0.1) is 0 Å². The van der Waals surface area contributed by atoms with Crippen LogP contribution in [0.2, 0.25) is 5.02 Å². The van der Waals surface area contributed by atoms with Gasteiger partial charge in [-0.1, -0.05) is 17.7 Å². The van der Waals surface area contributed by atoms with Crippen molar-refractivity contribution in [3.05, 3.63) is 34.3 Å². The highest BCUT2D eigenvalue weighted by molar-refractivity contribution is 6.31. The first-order valence-corrected chi connectivity index (χ1v) is 4.11. The largest absolute Gasteiger partial charge is 0.462 e. The number of carbonyl (C=O) groups is 1. The van der Waals surface area contributed by atoms with Crippen molar-refractivity contribution >= 4 is 17.6 Å². The van der Waals surface area contributed by atoms with Crippen LogP contribution in [0.4, 0.5) is 0 Å². The SMILES string of the molecule is O=C1OCCc2c(Cl)cccc21. The lowest BCUT2D eigenvalue weighted by Gasteiger charge is -2.15. The number of carbonyl (C=O) groups excluding carboxylic acids is 1. The Labute approximate surface area is 75.1 Å². The monoisotopic (exact) mass is 182 g/mol. The Morgan fingerprint density at radius 3 is 3.00 bits per heavy atom. The van der Waals surface area contributed by atoms with Gasteiger partial charge in [-0.3, -0.25) is 0 Å². The molecule has 0 amide bonds. The van der Waals surface area contributed by atoms with Crippen LogP contribution in [0.3, 0.4) is 0 Å². The molecule has 2 rings (SSSR count). The molecule has 0 radical (unpaired) electrons. The molecule has 0 unspecified atom stereocenters. The van der Waals surface area contributed by atoms with Crippen LogP contribution in [0.1, 0.15) is 15.9 Å². The van der Waals surface area contributed by atoms with Crippen molar-refractivity contribution in [2.75, 3.05) is 6.61 Å². The topological polar surface area (TPSA) is 26.3 Å². The number of benzene rings is 1. The van der Waals surface area contributed by atoms with Gasteiger partial charge in [-0.15, -0.1) is 0 Å². The summed E-state index contributed by atoms with van der Waals surface area (Å²) >= 11 is 5.90.